The van der Waals surface area contributed by atoms with Crippen LogP contribution in [0.25, 0.3) is 16.5 Å². The summed E-state index contributed by atoms with van der Waals surface area (Å²) in [4.78, 5) is 12.4. The molecule has 0 saturated carbocycles. The maximum atomic E-state index is 12.4. The first kappa shape index (κ1) is 19.3. The van der Waals surface area contributed by atoms with E-state index in [1.165, 1.54) is 31.3 Å². The van der Waals surface area contributed by atoms with Crippen LogP contribution in [0.4, 0.5) is 0 Å². The molecule has 144 valence electrons. The van der Waals surface area contributed by atoms with Gasteiger partial charge in [-0.1, -0.05) is 11.6 Å². The van der Waals surface area contributed by atoms with Gasteiger partial charge in [-0.25, -0.2) is 0 Å². The minimum absolute atomic E-state index is 0.0598. The van der Waals surface area contributed by atoms with E-state index >= 15 is 0 Å². The molecule has 2 aromatic rings. The molecule has 0 spiro atoms. The Morgan fingerprint density at radius 1 is 1.33 bits per heavy atom. The van der Waals surface area contributed by atoms with Crippen molar-refractivity contribution in [3.05, 3.63) is 47.2 Å². The van der Waals surface area contributed by atoms with E-state index in [4.69, 9.17) is 9.15 Å². The van der Waals surface area contributed by atoms with Crippen LogP contribution in [-0.4, -0.2) is 19.1 Å². The molecule has 1 aromatic heterocycles. The fourth-order valence-electron chi connectivity index (χ4n) is 3.57. The van der Waals surface area contributed by atoms with Crippen LogP contribution in [0.5, 0.6) is 5.75 Å². The average Bonchev–Trinajstić information content (AvgIpc) is 3.02. The van der Waals surface area contributed by atoms with Gasteiger partial charge in [0.1, 0.15) is 11.3 Å². The highest BCUT2D eigenvalue weighted by Crippen LogP contribution is 2.33. The molecule has 1 heterocycles. The number of carbonyl (C=O) groups excluding carboxylic acids is 1. The fraction of sp³-hybridized carbons (Fsp3) is 0.435. The second-order valence-electron chi connectivity index (χ2n) is 7.17. The highest BCUT2D eigenvalue weighted by molar-refractivity contribution is 5.97. The van der Waals surface area contributed by atoms with Gasteiger partial charge in [-0.2, -0.15) is 0 Å². The summed E-state index contributed by atoms with van der Waals surface area (Å²) in [6.07, 6.45) is 11.6. The monoisotopic (exact) mass is 367 g/mol. The molecule has 0 fully saturated rings. The van der Waals surface area contributed by atoms with Gasteiger partial charge in [-0.15, -0.1) is 0 Å². The minimum atomic E-state index is -0.0598. The van der Waals surface area contributed by atoms with Gasteiger partial charge >= 0.3 is 0 Å². The molecule has 0 saturated heterocycles. The number of furan rings is 1. The quantitative estimate of drug-likeness (QED) is 0.515. The van der Waals surface area contributed by atoms with Crippen LogP contribution in [0.2, 0.25) is 0 Å². The third kappa shape index (κ3) is 4.82. The average molecular weight is 367 g/mol. The van der Waals surface area contributed by atoms with Gasteiger partial charge in [0, 0.05) is 29.6 Å². The zero-order chi connectivity index (χ0) is 19.2. The van der Waals surface area contributed by atoms with Crippen molar-refractivity contribution in [2.75, 3.05) is 13.2 Å². The molecule has 3 rings (SSSR count). The number of hydrogen-bond donors (Lipinski definition) is 1. The van der Waals surface area contributed by atoms with Crippen molar-refractivity contribution in [3.8, 4) is 5.75 Å². The van der Waals surface area contributed by atoms with E-state index in [9.17, 15) is 4.79 Å². The molecule has 0 atom stereocenters. The Hall–Kier alpha value is -2.49. The van der Waals surface area contributed by atoms with Gasteiger partial charge in [0.05, 0.1) is 12.9 Å². The standard InChI is InChI=1S/C23H29NO3/c1-4-26-21-14-22-20(17(3)15-27-22)13-19(21)16(2)12-23(25)24-11-10-18-8-6-5-7-9-18/h8,12-15H,4-7,9-11H2,1-3H3,(H,24,25)/b16-12+. The molecule has 0 radical (unpaired) electrons. The molecule has 1 aliphatic carbocycles. The summed E-state index contributed by atoms with van der Waals surface area (Å²) in [5.74, 6) is 0.684. The maximum absolute atomic E-state index is 12.4. The lowest BCUT2D eigenvalue weighted by atomic mass is 9.97. The van der Waals surface area contributed by atoms with Gasteiger partial charge in [0.25, 0.3) is 0 Å². The smallest absolute Gasteiger partial charge is 0.244 e. The van der Waals surface area contributed by atoms with Crippen LogP contribution in [0, 0.1) is 6.92 Å². The first-order valence-electron chi connectivity index (χ1n) is 9.87. The number of rotatable bonds is 7. The Balaban J connectivity index is 1.71. The molecule has 1 aliphatic rings. The Bertz CT molecular complexity index is 873. The van der Waals surface area contributed by atoms with E-state index in [0.717, 1.165) is 39.8 Å². The SMILES string of the molecule is CCOc1cc2occ(C)c2cc1/C(C)=C/C(=O)NCCC1=CCCCC1. The van der Waals surface area contributed by atoms with Gasteiger partial charge in [-0.05, 0) is 70.1 Å². The Labute approximate surface area is 161 Å². The van der Waals surface area contributed by atoms with E-state index in [1.54, 1.807) is 12.3 Å². The van der Waals surface area contributed by atoms with Crippen molar-refractivity contribution in [1.82, 2.24) is 5.32 Å². The van der Waals surface area contributed by atoms with Crippen molar-refractivity contribution in [3.63, 3.8) is 0 Å². The van der Waals surface area contributed by atoms with Crippen molar-refractivity contribution in [2.45, 2.75) is 52.9 Å². The molecule has 1 aromatic carbocycles. The largest absolute Gasteiger partial charge is 0.493 e. The van der Waals surface area contributed by atoms with Crippen LogP contribution < -0.4 is 10.1 Å². The van der Waals surface area contributed by atoms with Crippen LogP contribution in [-0.2, 0) is 4.79 Å². The van der Waals surface area contributed by atoms with Gasteiger partial charge < -0.3 is 14.5 Å². The lowest BCUT2D eigenvalue weighted by Gasteiger charge is -2.13. The Morgan fingerprint density at radius 2 is 2.19 bits per heavy atom. The van der Waals surface area contributed by atoms with Gasteiger partial charge in [0.15, 0.2) is 0 Å². The molecule has 1 N–H and O–H groups in total. The van der Waals surface area contributed by atoms with E-state index in [1.807, 2.05) is 32.9 Å². The summed E-state index contributed by atoms with van der Waals surface area (Å²) in [7, 11) is 0. The lowest BCUT2D eigenvalue weighted by molar-refractivity contribution is -0.116. The van der Waals surface area contributed by atoms with Crippen molar-refractivity contribution in [2.24, 2.45) is 0 Å². The predicted octanol–water partition coefficient (Wildman–Crippen LogP) is 5.55. The minimum Gasteiger partial charge on any atom is -0.493 e. The number of aryl methyl sites for hydroxylation is 1. The number of ether oxygens (including phenoxy) is 1. The predicted molar refractivity (Wildman–Crippen MR) is 110 cm³/mol. The van der Waals surface area contributed by atoms with Crippen molar-refractivity contribution < 1.29 is 13.9 Å². The number of amides is 1. The molecular weight excluding hydrogens is 338 g/mol. The number of fused-ring (bicyclic) bond motifs is 1. The fourth-order valence-corrected chi connectivity index (χ4v) is 3.57. The highest BCUT2D eigenvalue weighted by Gasteiger charge is 2.13. The van der Waals surface area contributed by atoms with Gasteiger partial charge in [0.2, 0.25) is 5.91 Å². The van der Waals surface area contributed by atoms with E-state index in [-0.39, 0.29) is 5.91 Å². The van der Waals surface area contributed by atoms with Crippen LogP contribution in [0.3, 0.4) is 0 Å². The number of benzene rings is 1. The molecule has 4 nitrogen and oxygen atoms in total. The Morgan fingerprint density at radius 3 is 2.93 bits per heavy atom. The molecule has 0 aliphatic heterocycles. The van der Waals surface area contributed by atoms with Crippen molar-refractivity contribution in [1.29, 1.82) is 0 Å². The first-order valence-corrected chi connectivity index (χ1v) is 9.87. The number of nitrogens with one attached hydrogen (secondary N) is 1. The zero-order valence-corrected chi connectivity index (χ0v) is 16.6. The van der Waals surface area contributed by atoms with Crippen LogP contribution in [0.1, 0.15) is 57.1 Å². The summed E-state index contributed by atoms with van der Waals surface area (Å²) in [6.45, 7) is 7.16. The summed E-state index contributed by atoms with van der Waals surface area (Å²) in [5.41, 5.74) is 5.17. The van der Waals surface area contributed by atoms with Gasteiger partial charge in [-0.3, -0.25) is 4.79 Å². The second kappa shape index (κ2) is 8.94. The lowest BCUT2D eigenvalue weighted by Crippen LogP contribution is -2.23. The third-order valence-electron chi connectivity index (χ3n) is 5.07. The number of allylic oxidation sites excluding steroid dienone is 2. The van der Waals surface area contributed by atoms with E-state index in [0.29, 0.717) is 13.2 Å². The topological polar surface area (TPSA) is 51.5 Å². The van der Waals surface area contributed by atoms with Crippen LogP contribution in [0.15, 0.2) is 40.5 Å². The van der Waals surface area contributed by atoms with Crippen LogP contribution >= 0.6 is 0 Å². The summed E-state index contributed by atoms with van der Waals surface area (Å²) < 4.78 is 11.4. The molecular formula is C23H29NO3. The summed E-state index contributed by atoms with van der Waals surface area (Å²) in [5, 5.41) is 4.06. The van der Waals surface area contributed by atoms with Crippen molar-refractivity contribution >= 4 is 22.4 Å². The highest BCUT2D eigenvalue weighted by atomic mass is 16.5. The zero-order valence-electron chi connectivity index (χ0n) is 16.6. The second-order valence-corrected chi connectivity index (χ2v) is 7.17. The molecule has 4 heteroatoms. The van der Waals surface area contributed by atoms with E-state index < -0.39 is 0 Å². The molecule has 1 amide bonds. The molecule has 0 bridgehead atoms. The third-order valence-corrected chi connectivity index (χ3v) is 5.07. The molecule has 0 unspecified atom stereocenters. The summed E-state index contributed by atoms with van der Waals surface area (Å²) in [6, 6.07) is 3.96. The normalized spacial score (nSPS) is 14.9. The number of hydrogen-bond acceptors (Lipinski definition) is 3. The Kier molecular flexibility index (Phi) is 6.38. The molecule has 27 heavy (non-hydrogen) atoms. The first-order chi connectivity index (χ1) is 13.1. The number of carbonyl (C=O) groups is 1. The summed E-state index contributed by atoms with van der Waals surface area (Å²) >= 11 is 0. The van der Waals surface area contributed by atoms with E-state index in [2.05, 4.69) is 11.4 Å². The maximum Gasteiger partial charge on any atom is 0.244 e.